The minimum absolute atomic E-state index is 0.357. The number of hydrogen-bond donors (Lipinski definition) is 2. The molecule has 19 heavy (non-hydrogen) atoms. The fourth-order valence-electron chi connectivity index (χ4n) is 1.62. The lowest BCUT2D eigenvalue weighted by molar-refractivity contribution is 0.102. The molecule has 0 radical (unpaired) electrons. The average Bonchev–Trinajstić information content (AvgIpc) is 2.39. The van der Waals surface area contributed by atoms with E-state index in [0.29, 0.717) is 22.7 Å². The van der Waals surface area contributed by atoms with E-state index < -0.39 is 5.82 Å². The summed E-state index contributed by atoms with van der Waals surface area (Å²) in [5.74, 6) is -0.344. The average molecular weight is 260 g/mol. The van der Waals surface area contributed by atoms with Crippen molar-refractivity contribution in [1.82, 2.24) is 0 Å². The minimum atomic E-state index is -0.410. The lowest BCUT2D eigenvalue weighted by Gasteiger charge is -2.08. The molecular weight excluding hydrogens is 247 g/mol. The van der Waals surface area contributed by atoms with Crippen LogP contribution in [0.25, 0.3) is 0 Å². The number of nitrogen functional groups attached to an aromatic ring is 1. The highest BCUT2D eigenvalue weighted by Crippen LogP contribution is 2.22. The van der Waals surface area contributed by atoms with Crippen LogP contribution in [0.3, 0.4) is 0 Å². The van der Waals surface area contributed by atoms with E-state index in [1.54, 1.807) is 18.2 Å². The number of nitrogens with one attached hydrogen (secondary N) is 1. The summed E-state index contributed by atoms with van der Waals surface area (Å²) in [5, 5.41) is 2.59. The van der Waals surface area contributed by atoms with Gasteiger partial charge in [0.2, 0.25) is 0 Å². The smallest absolute Gasteiger partial charge is 0.255 e. The Labute approximate surface area is 110 Å². The number of anilines is 2. The third-order valence-electron chi connectivity index (χ3n) is 2.58. The van der Waals surface area contributed by atoms with Crippen LogP contribution in [0.1, 0.15) is 10.4 Å². The molecule has 0 heterocycles. The molecule has 0 unspecified atom stereocenters. The zero-order valence-electron chi connectivity index (χ0n) is 10.3. The van der Waals surface area contributed by atoms with E-state index >= 15 is 0 Å². The van der Waals surface area contributed by atoms with Crippen LogP contribution in [0, 0.1) is 5.82 Å². The van der Waals surface area contributed by atoms with Gasteiger partial charge in [-0.15, -0.1) is 0 Å². The van der Waals surface area contributed by atoms with E-state index in [0.717, 1.165) is 0 Å². The van der Waals surface area contributed by atoms with Crippen LogP contribution in [-0.2, 0) is 0 Å². The summed E-state index contributed by atoms with van der Waals surface area (Å²) >= 11 is 0. The predicted molar refractivity (Wildman–Crippen MR) is 71.8 cm³/mol. The normalized spacial score (nSPS) is 10.0. The fourth-order valence-corrected chi connectivity index (χ4v) is 1.62. The Bertz CT molecular complexity index is 614. The van der Waals surface area contributed by atoms with Crippen LogP contribution in [0.2, 0.25) is 0 Å². The summed E-state index contributed by atoms with van der Waals surface area (Å²) in [6.07, 6.45) is 0. The number of ether oxygens (including phenoxy) is 1. The van der Waals surface area contributed by atoms with Gasteiger partial charge in [0.05, 0.1) is 12.8 Å². The lowest BCUT2D eigenvalue weighted by Crippen LogP contribution is -2.12. The van der Waals surface area contributed by atoms with E-state index in [-0.39, 0.29) is 5.91 Å². The third kappa shape index (κ3) is 3.01. The maximum absolute atomic E-state index is 13.0. The van der Waals surface area contributed by atoms with Gasteiger partial charge in [0, 0.05) is 11.3 Å². The summed E-state index contributed by atoms with van der Waals surface area (Å²) in [4.78, 5) is 12.0. The molecule has 0 saturated carbocycles. The van der Waals surface area contributed by atoms with E-state index in [1.807, 2.05) is 0 Å². The molecular formula is C14H13FN2O2. The first-order valence-electron chi connectivity index (χ1n) is 5.60. The van der Waals surface area contributed by atoms with E-state index in [1.165, 1.54) is 31.4 Å². The third-order valence-corrected chi connectivity index (χ3v) is 2.58. The fraction of sp³-hybridized carbons (Fsp3) is 0.0714. The van der Waals surface area contributed by atoms with Gasteiger partial charge in [-0.2, -0.15) is 0 Å². The predicted octanol–water partition coefficient (Wildman–Crippen LogP) is 2.67. The van der Waals surface area contributed by atoms with E-state index in [9.17, 15) is 9.18 Å². The topological polar surface area (TPSA) is 64.3 Å². The van der Waals surface area contributed by atoms with Gasteiger partial charge < -0.3 is 15.8 Å². The van der Waals surface area contributed by atoms with Gasteiger partial charge in [0.15, 0.2) is 0 Å². The first-order chi connectivity index (χ1) is 9.10. The van der Waals surface area contributed by atoms with Crippen molar-refractivity contribution in [3.63, 3.8) is 0 Å². The van der Waals surface area contributed by atoms with Crippen LogP contribution in [0.5, 0.6) is 5.75 Å². The highest BCUT2D eigenvalue weighted by molar-refractivity contribution is 6.04. The molecule has 1 amide bonds. The van der Waals surface area contributed by atoms with Crippen molar-refractivity contribution in [1.29, 1.82) is 0 Å². The molecule has 5 heteroatoms. The van der Waals surface area contributed by atoms with Gasteiger partial charge >= 0.3 is 0 Å². The number of rotatable bonds is 3. The summed E-state index contributed by atoms with van der Waals surface area (Å²) in [7, 11) is 1.47. The van der Waals surface area contributed by atoms with Gasteiger partial charge in [-0.05, 0) is 36.4 Å². The Morgan fingerprint density at radius 2 is 2.05 bits per heavy atom. The Morgan fingerprint density at radius 3 is 2.74 bits per heavy atom. The van der Waals surface area contributed by atoms with Crippen molar-refractivity contribution in [2.45, 2.75) is 0 Å². The molecule has 98 valence electrons. The van der Waals surface area contributed by atoms with Crippen molar-refractivity contribution in [3.05, 3.63) is 53.8 Å². The number of methoxy groups -OCH3 is 1. The largest absolute Gasteiger partial charge is 0.495 e. The zero-order valence-corrected chi connectivity index (χ0v) is 10.3. The van der Waals surface area contributed by atoms with Crippen LogP contribution in [0.4, 0.5) is 15.8 Å². The molecule has 2 aromatic rings. The second-order valence-corrected chi connectivity index (χ2v) is 3.92. The summed E-state index contributed by atoms with van der Waals surface area (Å²) in [5.41, 5.74) is 6.89. The van der Waals surface area contributed by atoms with Gasteiger partial charge in [0.1, 0.15) is 11.6 Å². The van der Waals surface area contributed by atoms with Gasteiger partial charge in [-0.3, -0.25) is 4.79 Å². The molecule has 0 fully saturated rings. The second kappa shape index (κ2) is 5.39. The monoisotopic (exact) mass is 260 g/mol. The van der Waals surface area contributed by atoms with Gasteiger partial charge in [0.25, 0.3) is 5.91 Å². The van der Waals surface area contributed by atoms with Gasteiger partial charge in [-0.1, -0.05) is 6.07 Å². The van der Waals surface area contributed by atoms with Crippen molar-refractivity contribution in [2.24, 2.45) is 0 Å². The van der Waals surface area contributed by atoms with Crippen molar-refractivity contribution >= 4 is 17.3 Å². The molecule has 2 rings (SSSR count). The number of benzene rings is 2. The molecule has 0 aliphatic heterocycles. The first kappa shape index (κ1) is 12.9. The molecule has 0 aliphatic rings. The SMILES string of the molecule is COc1cc(C(=O)Nc2cccc(F)c2)ccc1N. The number of hydrogen-bond acceptors (Lipinski definition) is 3. The van der Waals surface area contributed by atoms with Crippen LogP contribution in [-0.4, -0.2) is 13.0 Å². The quantitative estimate of drug-likeness (QED) is 0.834. The van der Waals surface area contributed by atoms with E-state index in [2.05, 4.69) is 5.32 Å². The maximum atomic E-state index is 13.0. The number of amides is 1. The molecule has 0 spiro atoms. The standard InChI is InChI=1S/C14H13FN2O2/c1-19-13-7-9(5-6-12(13)16)14(18)17-11-4-2-3-10(15)8-11/h2-8H,16H2,1H3,(H,17,18). The van der Waals surface area contributed by atoms with Gasteiger partial charge in [-0.25, -0.2) is 4.39 Å². The maximum Gasteiger partial charge on any atom is 0.255 e. The van der Waals surface area contributed by atoms with Crippen LogP contribution in [0.15, 0.2) is 42.5 Å². The highest BCUT2D eigenvalue weighted by Gasteiger charge is 2.09. The van der Waals surface area contributed by atoms with Crippen LogP contribution < -0.4 is 15.8 Å². The highest BCUT2D eigenvalue weighted by atomic mass is 19.1. The Balaban J connectivity index is 2.20. The van der Waals surface area contributed by atoms with Crippen LogP contribution >= 0.6 is 0 Å². The first-order valence-corrected chi connectivity index (χ1v) is 5.60. The molecule has 3 N–H and O–H groups in total. The Morgan fingerprint density at radius 1 is 1.26 bits per heavy atom. The molecule has 0 aliphatic carbocycles. The van der Waals surface area contributed by atoms with Crippen molar-refractivity contribution < 1.29 is 13.9 Å². The number of carbonyl (C=O) groups is 1. The number of nitrogens with two attached hydrogens (primary N) is 1. The van der Waals surface area contributed by atoms with E-state index in [4.69, 9.17) is 10.5 Å². The summed E-state index contributed by atoms with van der Waals surface area (Å²) in [6, 6.07) is 10.4. The molecule has 2 aromatic carbocycles. The summed E-state index contributed by atoms with van der Waals surface area (Å²) in [6.45, 7) is 0. The van der Waals surface area contributed by atoms with Crippen molar-refractivity contribution in [2.75, 3.05) is 18.2 Å². The number of carbonyl (C=O) groups excluding carboxylic acids is 1. The molecule has 4 nitrogen and oxygen atoms in total. The summed E-state index contributed by atoms with van der Waals surface area (Å²) < 4.78 is 18.0. The van der Waals surface area contributed by atoms with Crippen molar-refractivity contribution in [3.8, 4) is 5.75 Å². The Hall–Kier alpha value is -2.56. The molecule has 0 bridgehead atoms. The second-order valence-electron chi connectivity index (χ2n) is 3.92. The Kier molecular flexibility index (Phi) is 3.66. The zero-order chi connectivity index (χ0) is 13.8. The number of halogens is 1. The minimum Gasteiger partial charge on any atom is -0.495 e. The lowest BCUT2D eigenvalue weighted by atomic mass is 10.1. The molecule has 0 atom stereocenters. The molecule has 0 aromatic heterocycles. The molecule has 0 saturated heterocycles.